The van der Waals surface area contributed by atoms with Gasteiger partial charge in [0.2, 0.25) is 0 Å². The van der Waals surface area contributed by atoms with Crippen molar-refractivity contribution < 1.29 is 44.3 Å². The zero-order valence-electron chi connectivity index (χ0n) is 22.8. The molecule has 0 unspecified atom stereocenters. The number of ether oxygens (including phenoxy) is 2. The van der Waals surface area contributed by atoms with Gasteiger partial charge in [-0.05, 0) is 66.8 Å². The molecule has 3 rings (SSSR count). The lowest BCUT2D eigenvalue weighted by Gasteiger charge is -2.44. The molecule has 6 atom stereocenters. The number of aliphatic hydroxyl groups is 3. The number of rotatable bonds is 10. The number of carboxylic acids is 1. The SMILES string of the molecule is CC(C)[C@H]1CC[C@@]2(OC(=O)/C(=C/[C@H]3C=C(CO)CC[C@@H]3C(C)C)CO)COC(=O)[C@H]2[C@@H]1/C=C(\CO)C(=O)O. The summed E-state index contributed by atoms with van der Waals surface area (Å²) in [6.45, 7) is 6.73. The van der Waals surface area contributed by atoms with E-state index in [1.807, 2.05) is 19.9 Å². The first-order valence-corrected chi connectivity index (χ1v) is 13.5. The van der Waals surface area contributed by atoms with Gasteiger partial charge in [-0.1, -0.05) is 45.9 Å². The predicted molar refractivity (Wildman–Crippen MR) is 139 cm³/mol. The molecule has 1 aliphatic heterocycles. The summed E-state index contributed by atoms with van der Waals surface area (Å²) in [5, 5.41) is 38.9. The Labute approximate surface area is 224 Å². The van der Waals surface area contributed by atoms with Crippen molar-refractivity contribution in [2.75, 3.05) is 26.4 Å². The Morgan fingerprint density at radius 3 is 2.26 bits per heavy atom. The number of hydrogen-bond donors (Lipinski definition) is 4. The van der Waals surface area contributed by atoms with E-state index in [9.17, 15) is 34.8 Å². The van der Waals surface area contributed by atoms with Gasteiger partial charge in [0.15, 0.2) is 5.60 Å². The van der Waals surface area contributed by atoms with E-state index in [4.69, 9.17) is 9.47 Å². The molecule has 0 radical (unpaired) electrons. The average Bonchev–Trinajstić information content (AvgIpc) is 3.20. The van der Waals surface area contributed by atoms with Crippen molar-refractivity contribution in [1.82, 2.24) is 0 Å². The zero-order valence-corrected chi connectivity index (χ0v) is 22.8. The number of carboxylic acid groups (broad SMARTS) is 1. The third kappa shape index (κ3) is 6.21. The lowest BCUT2D eigenvalue weighted by atomic mass is 9.62. The van der Waals surface area contributed by atoms with Gasteiger partial charge in [0, 0.05) is 0 Å². The fraction of sp³-hybridized carbons (Fsp3) is 0.690. The molecule has 0 spiro atoms. The molecule has 4 N–H and O–H groups in total. The van der Waals surface area contributed by atoms with Gasteiger partial charge in [-0.15, -0.1) is 0 Å². The minimum absolute atomic E-state index is 0.0591. The van der Waals surface area contributed by atoms with Crippen LogP contribution >= 0.6 is 0 Å². The first-order valence-electron chi connectivity index (χ1n) is 13.5. The first kappa shape index (κ1) is 30.1. The highest BCUT2D eigenvalue weighted by Gasteiger charge is 2.60. The maximum Gasteiger partial charge on any atom is 0.336 e. The van der Waals surface area contributed by atoms with Crippen LogP contribution in [0.2, 0.25) is 0 Å². The molecule has 0 amide bonds. The Hall–Kier alpha value is -2.49. The van der Waals surface area contributed by atoms with E-state index in [0.717, 1.165) is 18.4 Å². The van der Waals surface area contributed by atoms with Crippen LogP contribution in [0.5, 0.6) is 0 Å². The molecule has 3 aliphatic rings. The fourth-order valence-electron chi connectivity index (χ4n) is 6.51. The van der Waals surface area contributed by atoms with Crippen molar-refractivity contribution >= 4 is 17.9 Å². The summed E-state index contributed by atoms with van der Waals surface area (Å²) in [5.74, 6) is -3.70. The van der Waals surface area contributed by atoms with Crippen molar-refractivity contribution in [3.05, 3.63) is 34.9 Å². The van der Waals surface area contributed by atoms with Crippen LogP contribution in [0.4, 0.5) is 0 Å². The molecular weight excluding hydrogens is 492 g/mol. The second kappa shape index (κ2) is 12.6. The van der Waals surface area contributed by atoms with E-state index in [1.54, 1.807) is 6.08 Å². The molecule has 0 aromatic carbocycles. The number of fused-ring (bicyclic) bond motifs is 1. The largest absolute Gasteiger partial charge is 0.478 e. The minimum atomic E-state index is -1.30. The molecule has 212 valence electrons. The number of cyclic esters (lactones) is 1. The van der Waals surface area contributed by atoms with E-state index in [1.165, 1.54) is 6.08 Å². The molecule has 2 fully saturated rings. The number of esters is 2. The van der Waals surface area contributed by atoms with E-state index < -0.39 is 48.6 Å². The Morgan fingerprint density at radius 2 is 1.71 bits per heavy atom. The van der Waals surface area contributed by atoms with Gasteiger partial charge in [-0.25, -0.2) is 9.59 Å². The lowest BCUT2D eigenvalue weighted by Crippen LogP contribution is -2.52. The lowest BCUT2D eigenvalue weighted by molar-refractivity contribution is -0.168. The van der Waals surface area contributed by atoms with Crippen molar-refractivity contribution in [2.45, 2.75) is 59.0 Å². The van der Waals surface area contributed by atoms with Crippen LogP contribution in [0.3, 0.4) is 0 Å². The molecule has 0 aromatic rings. The molecule has 38 heavy (non-hydrogen) atoms. The topological polar surface area (TPSA) is 151 Å². The van der Waals surface area contributed by atoms with Gasteiger partial charge in [0.1, 0.15) is 12.5 Å². The van der Waals surface area contributed by atoms with Gasteiger partial charge >= 0.3 is 17.9 Å². The summed E-state index contributed by atoms with van der Waals surface area (Å²) in [6.07, 6.45) is 7.64. The Balaban J connectivity index is 1.96. The smallest absolute Gasteiger partial charge is 0.336 e. The van der Waals surface area contributed by atoms with Gasteiger partial charge < -0.3 is 29.9 Å². The van der Waals surface area contributed by atoms with Crippen LogP contribution in [0.1, 0.15) is 53.4 Å². The first-order chi connectivity index (χ1) is 18.0. The Morgan fingerprint density at radius 1 is 1.05 bits per heavy atom. The number of carbonyl (C=O) groups excluding carboxylic acids is 2. The number of carbonyl (C=O) groups is 3. The number of aliphatic hydroxyl groups excluding tert-OH is 3. The number of hydrogen-bond acceptors (Lipinski definition) is 8. The number of aliphatic carboxylic acids is 1. The maximum absolute atomic E-state index is 13.5. The molecule has 2 aliphatic carbocycles. The average molecular weight is 535 g/mol. The van der Waals surface area contributed by atoms with Crippen LogP contribution in [-0.2, 0) is 23.9 Å². The van der Waals surface area contributed by atoms with Crippen LogP contribution in [0.15, 0.2) is 34.9 Å². The molecule has 9 heteroatoms. The summed E-state index contributed by atoms with van der Waals surface area (Å²) in [4.78, 5) is 38.1. The van der Waals surface area contributed by atoms with Crippen molar-refractivity contribution in [2.24, 2.45) is 41.4 Å². The van der Waals surface area contributed by atoms with Crippen LogP contribution in [0.25, 0.3) is 0 Å². The van der Waals surface area contributed by atoms with E-state index >= 15 is 0 Å². The third-order valence-corrected chi connectivity index (χ3v) is 8.66. The van der Waals surface area contributed by atoms with Crippen molar-refractivity contribution in [3.8, 4) is 0 Å². The molecule has 0 aromatic heterocycles. The second-order valence-electron chi connectivity index (χ2n) is 11.6. The molecule has 9 nitrogen and oxygen atoms in total. The quantitative estimate of drug-likeness (QED) is 0.188. The van der Waals surface area contributed by atoms with Crippen LogP contribution < -0.4 is 0 Å². The normalized spacial score (nSPS) is 32.2. The van der Waals surface area contributed by atoms with Crippen LogP contribution in [-0.4, -0.2) is 70.4 Å². The van der Waals surface area contributed by atoms with Gasteiger partial charge in [0.05, 0.1) is 31.0 Å². The fourth-order valence-corrected chi connectivity index (χ4v) is 6.51. The highest BCUT2D eigenvalue weighted by Crippen LogP contribution is 2.51. The summed E-state index contributed by atoms with van der Waals surface area (Å²) >= 11 is 0. The van der Waals surface area contributed by atoms with Gasteiger partial charge in [0.25, 0.3) is 0 Å². The molecule has 0 bridgehead atoms. The van der Waals surface area contributed by atoms with Gasteiger partial charge in [-0.2, -0.15) is 0 Å². The summed E-state index contributed by atoms with van der Waals surface area (Å²) < 4.78 is 11.4. The van der Waals surface area contributed by atoms with Crippen molar-refractivity contribution in [3.63, 3.8) is 0 Å². The van der Waals surface area contributed by atoms with E-state index in [-0.39, 0.29) is 48.0 Å². The Kier molecular flexibility index (Phi) is 9.95. The van der Waals surface area contributed by atoms with E-state index in [2.05, 4.69) is 13.8 Å². The highest BCUT2D eigenvalue weighted by molar-refractivity contribution is 5.90. The van der Waals surface area contributed by atoms with Crippen molar-refractivity contribution in [1.29, 1.82) is 0 Å². The Bertz CT molecular complexity index is 992. The molecule has 1 heterocycles. The standard InChI is InChI=1S/C29H42O9/c1-16(2)22-6-5-18(12-30)9-19(22)10-21(14-32)27(35)38-29-8-7-23(17(3)4)24(11-20(13-31)26(33)34)25(29)28(36)37-15-29/h9-11,16-17,19,22-25,30-32H,5-8,12-15H2,1-4H3,(H,33,34)/b20-11+,21-10+/t19-,22-,23-,24-,25-,29-/m1/s1. The predicted octanol–water partition coefficient (Wildman–Crippen LogP) is 2.65. The monoisotopic (exact) mass is 534 g/mol. The highest BCUT2D eigenvalue weighted by atomic mass is 16.6. The second-order valence-corrected chi connectivity index (χ2v) is 11.6. The van der Waals surface area contributed by atoms with Gasteiger partial charge in [-0.3, -0.25) is 4.79 Å². The summed E-state index contributed by atoms with van der Waals surface area (Å²) in [7, 11) is 0. The summed E-state index contributed by atoms with van der Waals surface area (Å²) in [6, 6.07) is 0. The van der Waals surface area contributed by atoms with Crippen LogP contribution in [0, 0.1) is 41.4 Å². The minimum Gasteiger partial charge on any atom is -0.478 e. The van der Waals surface area contributed by atoms with E-state index in [0.29, 0.717) is 18.8 Å². The molecule has 1 saturated heterocycles. The molecule has 1 saturated carbocycles. The summed E-state index contributed by atoms with van der Waals surface area (Å²) in [5.41, 5.74) is -0.559. The third-order valence-electron chi connectivity index (χ3n) is 8.66. The zero-order chi connectivity index (χ0) is 28.2. The maximum atomic E-state index is 13.5. The number of allylic oxidation sites excluding steroid dienone is 3. The molecular formula is C29H42O9.